The van der Waals surface area contributed by atoms with Crippen molar-refractivity contribution in [3.8, 4) is 33.4 Å². The molecular formula is C52H35N. The Hall–Kier alpha value is -6.70. The molecular weight excluding hydrogens is 639 g/mol. The second-order valence-electron chi connectivity index (χ2n) is 14.6. The van der Waals surface area contributed by atoms with Crippen molar-refractivity contribution in [2.75, 3.05) is 4.90 Å². The highest BCUT2D eigenvalue weighted by Crippen LogP contribution is 2.64. The number of hydrogen-bond donors (Lipinski definition) is 0. The van der Waals surface area contributed by atoms with E-state index in [-0.39, 0.29) is 0 Å². The van der Waals surface area contributed by atoms with Gasteiger partial charge in [-0.15, -0.1) is 0 Å². The van der Waals surface area contributed by atoms with Crippen LogP contribution in [0.2, 0.25) is 0 Å². The summed E-state index contributed by atoms with van der Waals surface area (Å²) in [5, 5.41) is 5.03. The molecule has 0 amide bonds. The summed E-state index contributed by atoms with van der Waals surface area (Å²) in [6.45, 7) is 2.18. The van der Waals surface area contributed by atoms with Gasteiger partial charge in [-0.3, -0.25) is 0 Å². The van der Waals surface area contributed by atoms with Crippen LogP contribution < -0.4 is 4.90 Å². The van der Waals surface area contributed by atoms with Crippen LogP contribution in [0.15, 0.2) is 194 Å². The van der Waals surface area contributed by atoms with E-state index >= 15 is 0 Å². The van der Waals surface area contributed by atoms with Gasteiger partial charge in [-0.1, -0.05) is 146 Å². The Kier molecular flexibility index (Phi) is 6.45. The fraction of sp³-hybridized carbons (Fsp3) is 0.0385. The summed E-state index contributed by atoms with van der Waals surface area (Å²) in [6, 6.07) is 72.5. The highest BCUT2D eigenvalue weighted by molar-refractivity contribution is 5.98. The van der Waals surface area contributed by atoms with Crippen LogP contribution >= 0.6 is 0 Å². The van der Waals surface area contributed by atoms with Gasteiger partial charge in [-0.05, 0) is 138 Å². The third kappa shape index (κ3) is 4.38. The predicted octanol–water partition coefficient (Wildman–Crippen LogP) is 13.8. The SMILES string of the molecule is Cc1cccc(N2c3ccccc3C3(c4cc(-c5ccc6ccccc6c5)ccc4-c4ccc(-c5ccc6ccccc6c5)cc43)c3ccccc32)c1. The lowest BCUT2D eigenvalue weighted by atomic mass is 9.64. The van der Waals surface area contributed by atoms with E-state index in [0.29, 0.717) is 0 Å². The number of rotatable bonds is 3. The molecule has 1 spiro atoms. The molecule has 9 aromatic carbocycles. The van der Waals surface area contributed by atoms with E-state index in [0.717, 1.165) is 0 Å². The van der Waals surface area contributed by atoms with E-state index in [4.69, 9.17) is 0 Å². The Morgan fingerprint density at radius 1 is 0.340 bits per heavy atom. The average molecular weight is 674 g/mol. The molecule has 0 atom stereocenters. The first-order valence-corrected chi connectivity index (χ1v) is 18.5. The molecule has 0 saturated carbocycles. The molecule has 1 aliphatic heterocycles. The molecule has 53 heavy (non-hydrogen) atoms. The van der Waals surface area contributed by atoms with Crippen LogP contribution in [0.5, 0.6) is 0 Å². The zero-order valence-electron chi connectivity index (χ0n) is 29.4. The number of fused-ring (bicyclic) bond motifs is 11. The summed E-state index contributed by atoms with van der Waals surface area (Å²) < 4.78 is 0. The molecule has 1 heteroatoms. The van der Waals surface area contributed by atoms with Crippen molar-refractivity contribution in [2.45, 2.75) is 12.3 Å². The van der Waals surface area contributed by atoms with Crippen LogP contribution in [0.4, 0.5) is 17.1 Å². The Labute approximate surface area is 310 Å². The molecule has 11 rings (SSSR count). The van der Waals surface area contributed by atoms with Gasteiger partial charge < -0.3 is 4.90 Å². The van der Waals surface area contributed by atoms with Gasteiger partial charge in [-0.25, -0.2) is 0 Å². The first-order chi connectivity index (χ1) is 26.2. The molecule has 2 aliphatic rings. The maximum absolute atomic E-state index is 2.49. The maximum Gasteiger partial charge on any atom is 0.0754 e. The van der Waals surface area contributed by atoms with Crippen LogP contribution in [0.25, 0.3) is 54.9 Å². The lowest BCUT2D eigenvalue weighted by molar-refractivity contribution is 0.753. The number of aryl methyl sites for hydroxylation is 1. The molecule has 0 N–H and O–H groups in total. The third-order valence-corrected chi connectivity index (χ3v) is 11.7. The molecule has 1 nitrogen and oxygen atoms in total. The number of hydrogen-bond acceptors (Lipinski definition) is 1. The summed E-state index contributed by atoms with van der Waals surface area (Å²) in [5.74, 6) is 0. The Balaban J connectivity index is 1.22. The van der Waals surface area contributed by atoms with E-state index < -0.39 is 5.41 Å². The number of para-hydroxylation sites is 2. The smallest absolute Gasteiger partial charge is 0.0754 e. The second-order valence-corrected chi connectivity index (χ2v) is 14.6. The quantitative estimate of drug-likeness (QED) is 0.180. The van der Waals surface area contributed by atoms with Crippen molar-refractivity contribution in [3.63, 3.8) is 0 Å². The van der Waals surface area contributed by atoms with E-state index in [1.165, 1.54) is 99.8 Å². The monoisotopic (exact) mass is 673 g/mol. The minimum atomic E-state index is -0.544. The molecule has 0 aromatic heterocycles. The van der Waals surface area contributed by atoms with Crippen LogP contribution in [0, 0.1) is 6.92 Å². The lowest BCUT2D eigenvalue weighted by Crippen LogP contribution is -2.36. The number of nitrogens with zero attached hydrogens (tertiary/aromatic N) is 1. The summed E-state index contributed by atoms with van der Waals surface area (Å²) in [5.41, 5.74) is 17.1. The molecule has 0 saturated heterocycles. The van der Waals surface area contributed by atoms with Gasteiger partial charge in [0.25, 0.3) is 0 Å². The van der Waals surface area contributed by atoms with E-state index in [1.54, 1.807) is 0 Å². The molecule has 1 heterocycles. The standard InChI is InChI=1S/C52H35N/c1-34-11-10-16-43(29-34)53-50-19-8-6-17-46(50)52(47-18-7-9-20-51(47)53)48-32-41(39-23-21-35-12-2-4-14-37(35)30-39)25-27-44(48)45-28-26-42(33-49(45)52)40-24-22-36-13-3-5-15-38(36)31-40/h2-33H,1H3. The minimum Gasteiger partial charge on any atom is -0.310 e. The molecule has 9 aromatic rings. The molecule has 248 valence electrons. The van der Waals surface area contributed by atoms with Gasteiger partial charge in [0.05, 0.1) is 16.8 Å². The highest BCUT2D eigenvalue weighted by Gasteiger charge is 2.52. The molecule has 1 aliphatic carbocycles. The zero-order valence-corrected chi connectivity index (χ0v) is 29.4. The van der Waals surface area contributed by atoms with Crippen LogP contribution in [-0.4, -0.2) is 0 Å². The van der Waals surface area contributed by atoms with Crippen molar-refractivity contribution in [1.29, 1.82) is 0 Å². The summed E-state index contributed by atoms with van der Waals surface area (Å²) in [6.07, 6.45) is 0. The normalized spacial score (nSPS) is 13.5. The van der Waals surface area contributed by atoms with Crippen LogP contribution in [0.3, 0.4) is 0 Å². The Morgan fingerprint density at radius 3 is 1.32 bits per heavy atom. The van der Waals surface area contributed by atoms with Crippen LogP contribution in [0.1, 0.15) is 27.8 Å². The Bertz CT molecular complexity index is 2750. The van der Waals surface area contributed by atoms with Gasteiger partial charge in [-0.2, -0.15) is 0 Å². The van der Waals surface area contributed by atoms with E-state index in [2.05, 4.69) is 206 Å². The Morgan fingerprint density at radius 2 is 0.792 bits per heavy atom. The third-order valence-electron chi connectivity index (χ3n) is 11.7. The molecule has 0 fully saturated rings. The van der Waals surface area contributed by atoms with Gasteiger partial charge in [0.1, 0.15) is 0 Å². The first-order valence-electron chi connectivity index (χ1n) is 18.5. The van der Waals surface area contributed by atoms with E-state index in [9.17, 15) is 0 Å². The second kappa shape index (κ2) is 11.4. The average Bonchev–Trinajstić information content (AvgIpc) is 3.50. The maximum atomic E-state index is 2.49. The summed E-state index contributed by atoms with van der Waals surface area (Å²) in [7, 11) is 0. The van der Waals surface area contributed by atoms with Gasteiger partial charge >= 0.3 is 0 Å². The van der Waals surface area contributed by atoms with Crippen molar-refractivity contribution in [2.24, 2.45) is 0 Å². The summed E-state index contributed by atoms with van der Waals surface area (Å²) in [4.78, 5) is 2.47. The van der Waals surface area contributed by atoms with Crippen molar-refractivity contribution in [3.05, 3.63) is 222 Å². The van der Waals surface area contributed by atoms with Crippen LogP contribution in [-0.2, 0) is 5.41 Å². The van der Waals surface area contributed by atoms with Crippen molar-refractivity contribution in [1.82, 2.24) is 0 Å². The molecule has 0 radical (unpaired) electrons. The van der Waals surface area contributed by atoms with Crippen molar-refractivity contribution >= 4 is 38.6 Å². The highest BCUT2D eigenvalue weighted by atomic mass is 15.2. The lowest BCUT2D eigenvalue weighted by Gasteiger charge is -2.45. The van der Waals surface area contributed by atoms with Gasteiger partial charge in [0.15, 0.2) is 0 Å². The zero-order chi connectivity index (χ0) is 35.1. The predicted molar refractivity (Wildman–Crippen MR) is 223 cm³/mol. The molecule has 0 unspecified atom stereocenters. The van der Waals surface area contributed by atoms with E-state index in [1.807, 2.05) is 0 Å². The molecule has 0 bridgehead atoms. The number of anilines is 3. The first kappa shape index (κ1) is 30.0. The minimum absolute atomic E-state index is 0.544. The van der Waals surface area contributed by atoms with Gasteiger partial charge in [0.2, 0.25) is 0 Å². The largest absolute Gasteiger partial charge is 0.310 e. The van der Waals surface area contributed by atoms with Gasteiger partial charge in [0, 0.05) is 5.69 Å². The topological polar surface area (TPSA) is 3.24 Å². The summed E-state index contributed by atoms with van der Waals surface area (Å²) >= 11 is 0. The number of benzene rings is 9. The van der Waals surface area contributed by atoms with Crippen molar-refractivity contribution < 1.29 is 0 Å². The fourth-order valence-corrected chi connectivity index (χ4v) is 9.29. The fourth-order valence-electron chi connectivity index (χ4n) is 9.29.